The van der Waals surface area contributed by atoms with Gasteiger partial charge in [-0.3, -0.25) is 4.79 Å². The molecule has 1 aromatic rings. The number of hydrogen-bond donors (Lipinski definition) is 0. The third-order valence-electron chi connectivity index (χ3n) is 3.24. The van der Waals surface area contributed by atoms with E-state index in [9.17, 15) is 9.18 Å². The van der Waals surface area contributed by atoms with E-state index in [0.29, 0.717) is 0 Å². The lowest BCUT2D eigenvalue weighted by Crippen LogP contribution is -2.27. The highest BCUT2D eigenvalue weighted by atomic mass is 19.1. The number of anilines is 1. The van der Waals surface area contributed by atoms with Crippen molar-refractivity contribution in [2.75, 3.05) is 18.0 Å². The van der Waals surface area contributed by atoms with Gasteiger partial charge in [0, 0.05) is 13.1 Å². The van der Waals surface area contributed by atoms with Gasteiger partial charge in [-0.2, -0.15) is 0 Å². The lowest BCUT2D eigenvalue weighted by Gasteiger charge is -2.25. The number of hydrogen-bond acceptors (Lipinski definition) is 2. The number of Topliss-reactive ketones (excluding diaryl/α,β-unsaturated/α-hetero) is 1. The van der Waals surface area contributed by atoms with Gasteiger partial charge >= 0.3 is 0 Å². The maximum absolute atomic E-state index is 13.7. The number of ketones is 1. The van der Waals surface area contributed by atoms with Crippen LogP contribution in [0, 0.1) is 11.7 Å². The van der Waals surface area contributed by atoms with Crippen LogP contribution >= 0.6 is 0 Å². The number of carbonyl (C=O) groups excluding carboxylic acids is 1. The SMILES string of the molecule is CCN(CC1CC1)c1cccc(F)c1C(C)=O. The fourth-order valence-corrected chi connectivity index (χ4v) is 2.13. The molecule has 92 valence electrons. The molecular formula is C14H18FNO. The van der Waals surface area contributed by atoms with Crippen LogP contribution in [0.15, 0.2) is 18.2 Å². The van der Waals surface area contributed by atoms with E-state index in [1.54, 1.807) is 6.07 Å². The molecule has 0 unspecified atom stereocenters. The van der Waals surface area contributed by atoms with Crippen LogP contribution in [0.5, 0.6) is 0 Å². The zero-order valence-corrected chi connectivity index (χ0v) is 10.4. The van der Waals surface area contributed by atoms with Gasteiger partial charge in [-0.15, -0.1) is 0 Å². The molecule has 0 aliphatic heterocycles. The molecule has 1 aromatic carbocycles. The van der Waals surface area contributed by atoms with E-state index in [-0.39, 0.29) is 11.3 Å². The Morgan fingerprint density at radius 2 is 2.18 bits per heavy atom. The standard InChI is InChI=1S/C14H18FNO/c1-3-16(9-11-7-8-11)13-6-4-5-12(15)14(13)10(2)17/h4-6,11H,3,7-9H2,1-2H3. The maximum Gasteiger partial charge on any atom is 0.164 e. The van der Waals surface area contributed by atoms with Crippen LogP contribution in [0.25, 0.3) is 0 Å². The van der Waals surface area contributed by atoms with E-state index in [1.165, 1.54) is 25.8 Å². The third-order valence-corrected chi connectivity index (χ3v) is 3.24. The fraction of sp³-hybridized carbons (Fsp3) is 0.500. The lowest BCUT2D eigenvalue weighted by molar-refractivity contribution is 0.101. The summed E-state index contributed by atoms with van der Waals surface area (Å²) in [5, 5.41) is 0. The van der Waals surface area contributed by atoms with E-state index in [4.69, 9.17) is 0 Å². The van der Waals surface area contributed by atoms with Crippen LogP contribution in [0.4, 0.5) is 10.1 Å². The smallest absolute Gasteiger partial charge is 0.164 e. The Kier molecular flexibility index (Phi) is 3.46. The third kappa shape index (κ3) is 2.65. The molecule has 0 radical (unpaired) electrons. The van der Waals surface area contributed by atoms with Crippen LogP contribution in [0.2, 0.25) is 0 Å². The Balaban J connectivity index is 2.33. The normalized spacial score (nSPS) is 14.8. The van der Waals surface area contributed by atoms with Crippen molar-refractivity contribution in [3.05, 3.63) is 29.6 Å². The van der Waals surface area contributed by atoms with E-state index < -0.39 is 5.82 Å². The molecule has 0 bridgehead atoms. The van der Waals surface area contributed by atoms with Gasteiger partial charge in [0.2, 0.25) is 0 Å². The Bertz CT molecular complexity index is 426. The van der Waals surface area contributed by atoms with Gasteiger partial charge in [-0.25, -0.2) is 4.39 Å². The van der Waals surface area contributed by atoms with Gasteiger partial charge < -0.3 is 4.90 Å². The van der Waals surface area contributed by atoms with Crippen molar-refractivity contribution in [1.29, 1.82) is 0 Å². The number of benzene rings is 1. The molecule has 1 saturated carbocycles. The summed E-state index contributed by atoms with van der Waals surface area (Å²) in [6, 6.07) is 4.86. The Labute approximate surface area is 101 Å². The molecule has 0 atom stereocenters. The quantitative estimate of drug-likeness (QED) is 0.730. The molecule has 2 rings (SSSR count). The Hall–Kier alpha value is -1.38. The highest BCUT2D eigenvalue weighted by molar-refractivity contribution is 6.00. The highest BCUT2D eigenvalue weighted by Crippen LogP contribution is 2.33. The van der Waals surface area contributed by atoms with E-state index >= 15 is 0 Å². The van der Waals surface area contributed by atoms with Crippen molar-refractivity contribution < 1.29 is 9.18 Å². The predicted octanol–water partition coefficient (Wildman–Crippen LogP) is 3.26. The molecule has 0 amide bonds. The minimum absolute atomic E-state index is 0.202. The van der Waals surface area contributed by atoms with Gasteiger partial charge in [-0.1, -0.05) is 6.07 Å². The summed E-state index contributed by atoms with van der Waals surface area (Å²) >= 11 is 0. The van der Waals surface area contributed by atoms with Crippen molar-refractivity contribution in [3.63, 3.8) is 0 Å². The zero-order valence-electron chi connectivity index (χ0n) is 10.4. The molecule has 1 aliphatic rings. The fourth-order valence-electron chi connectivity index (χ4n) is 2.13. The average molecular weight is 235 g/mol. The summed E-state index contributed by atoms with van der Waals surface area (Å²) in [6.07, 6.45) is 2.50. The van der Waals surface area contributed by atoms with Crippen LogP contribution in [-0.4, -0.2) is 18.9 Å². The highest BCUT2D eigenvalue weighted by Gasteiger charge is 2.26. The van der Waals surface area contributed by atoms with E-state index in [0.717, 1.165) is 24.7 Å². The van der Waals surface area contributed by atoms with Crippen LogP contribution < -0.4 is 4.90 Å². The zero-order chi connectivity index (χ0) is 12.4. The molecule has 0 saturated heterocycles. The first-order chi connectivity index (χ1) is 8.13. The van der Waals surface area contributed by atoms with Gasteiger partial charge in [0.1, 0.15) is 5.82 Å². The Morgan fingerprint density at radius 3 is 2.71 bits per heavy atom. The molecule has 17 heavy (non-hydrogen) atoms. The molecule has 0 spiro atoms. The molecule has 0 heterocycles. The van der Waals surface area contributed by atoms with Gasteiger partial charge in [-0.05, 0) is 44.7 Å². The van der Waals surface area contributed by atoms with Crippen molar-refractivity contribution in [3.8, 4) is 0 Å². The van der Waals surface area contributed by atoms with E-state index in [2.05, 4.69) is 4.90 Å². The average Bonchev–Trinajstić information content (AvgIpc) is 3.08. The summed E-state index contributed by atoms with van der Waals surface area (Å²) in [7, 11) is 0. The van der Waals surface area contributed by atoms with Crippen molar-refractivity contribution in [2.24, 2.45) is 5.92 Å². The summed E-state index contributed by atoms with van der Waals surface area (Å²) in [5.74, 6) is 0.106. The number of carbonyl (C=O) groups is 1. The monoisotopic (exact) mass is 235 g/mol. The molecule has 2 nitrogen and oxygen atoms in total. The molecule has 1 aliphatic carbocycles. The summed E-state index contributed by atoms with van der Waals surface area (Å²) in [6.45, 7) is 5.20. The van der Waals surface area contributed by atoms with Gasteiger partial charge in [0.05, 0.1) is 11.3 Å². The summed E-state index contributed by atoms with van der Waals surface area (Å²) in [5.41, 5.74) is 0.974. The second kappa shape index (κ2) is 4.86. The minimum atomic E-state index is -0.413. The second-order valence-corrected chi connectivity index (χ2v) is 4.67. The van der Waals surface area contributed by atoms with Crippen LogP contribution in [0.3, 0.4) is 0 Å². The van der Waals surface area contributed by atoms with Crippen molar-refractivity contribution in [1.82, 2.24) is 0 Å². The molecule has 0 N–H and O–H groups in total. The number of halogens is 1. The van der Waals surface area contributed by atoms with Crippen molar-refractivity contribution >= 4 is 11.5 Å². The van der Waals surface area contributed by atoms with Crippen LogP contribution in [-0.2, 0) is 0 Å². The largest absolute Gasteiger partial charge is 0.371 e. The predicted molar refractivity (Wildman–Crippen MR) is 67.0 cm³/mol. The molecule has 1 fully saturated rings. The second-order valence-electron chi connectivity index (χ2n) is 4.67. The summed E-state index contributed by atoms with van der Waals surface area (Å²) in [4.78, 5) is 13.7. The van der Waals surface area contributed by atoms with Crippen LogP contribution in [0.1, 0.15) is 37.0 Å². The summed E-state index contributed by atoms with van der Waals surface area (Å²) < 4.78 is 13.7. The first kappa shape index (κ1) is 12.1. The van der Waals surface area contributed by atoms with Gasteiger partial charge in [0.25, 0.3) is 0 Å². The topological polar surface area (TPSA) is 20.3 Å². The molecular weight excluding hydrogens is 217 g/mol. The number of rotatable bonds is 5. The molecule has 3 heteroatoms. The molecule has 0 aromatic heterocycles. The maximum atomic E-state index is 13.7. The minimum Gasteiger partial charge on any atom is -0.371 e. The van der Waals surface area contributed by atoms with Crippen molar-refractivity contribution in [2.45, 2.75) is 26.7 Å². The van der Waals surface area contributed by atoms with Gasteiger partial charge in [0.15, 0.2) is 5.78 Å². The van der Waals surface area contributed by atoms with E-state index in [1.807, 2.05) is 13.0 Å². The first-order valence-corrected chi connectivity index (χ1v) is 6.18. The number of nitrogens with zero attached hydrogens (tertiary/aromatic N) is 1. The lowest BCUT2D eigenvalue weighted by atomic mass is 10.1. The first-order valence-electron chi connectivity index (χ1n) is 6.18. The Morgan fingerprint density at radius 1 is 1.47 bits per heavy atom.